The third-order valence-corrected chi connectivity index (χ3v) is 3.39. The Kier molecular flexibility index (Phi) is 5.73. The number of benzene rings is 2. The lowest BCUT2D eigenvalue weighted by Gasteiger charge is -2.08. The molecule has 0 aliphatic carbocycles. The molecule has 0 saturated carbocycles. The van der Waals surface area contributed by atoms with Crippen molar-refractivity contribution in [2.75, 3.05) is 19.5 Å². The molecule has 2 aromatic carbocycles. The lowest BCUT2D eigenvalue weighted by atomic mass is 10.1. The van der Waals surface area contributed by atoms with Gasteiger partial charge < -0.3 is 14.8 Å². The summed E-state index contributed by atoms with van der Waals surface area (Å²) in [5.74, 6) is -0.176. The fourth-order valence-electron chi connectivity index (χ4n) is 2.20. The average Bonchev–Trinajstić information content (AvgIpc) is 2.60. The molecule has 0 atom stereocenters. The number of methoxy groups -OCH3 is 2. The molecule has 2 aromatic rings. The SMILES string of the molecule is COC(=O)c1ccccc1NC(=O)/C=C/c1cc(C)ccc1OC. The van der Waals surface area contributed by atoms with E-state index in [1.807, 2.05) is 25.1 Å². The maximum atomic E-state index is 12.1. The van der Waals surface area contributed by atoms with Gasteiger partial charge in [0.15, 0.2) is 0 Å². The highest BCUT2D eigenvalue weighted by atomic mass is 16.5. The van der Waals surface area contributed by atoms with E-state index < -0.39 is 5.97 Å². The zero-order valence-electron chi connectivity index (χ0n) is 13.8. The number of aryl methyl sites for hydroxylation is 1. The number of hydrogen-bond acceptors (Lipinski definition) is 4. The van der Waals surface area contributed by atoms with Crippen molar-refractivity contribution < 1.29 is 19.1 Å². The average molecular weight is 325 g/mol. The monoisotopic (exact) mass is 325 g/mol. The van der Waals surface area contributed by atoms with Crippen LogP contribution < -0.4 is 10.1 Å². The summed E-state index contributed by atoms with van der Waals surface area (Å²) in [6.07, 6.45) is 3.06. The van der Waals surface area contributed by atoms with Gasteiger partial charge in [0.2, 0.25) is 5.91 Å². The van der Waals surface area contributed by atoms with Crippen molar-refractivity contribution in [3.63, 3.8) is 0 Å². The number of esters is 1. The van der Waals surface area contributed by atoms with Crippen molar-refractivity contribution in [2.24, 2.45) is 0 Å². The number of carbonyl (C=O) groups is 2. The number of rotatable bonds is 5. The lowest BCUT2D eigenvalue weighted by Crippen LogP contribution is -2.12. The number of carbonyl (C=O) groups excluding carboxylic acids is 2. The van der Waals surface area contributed by atoms with Gasteiger partial charge in [-0.25, -0.2) is 4.79 Å². The summed E-state index contributed by atoms with van der Waals surface area (Å²) in [5.41, 5.74) is 2.56. The highest BCUT2D eigenvalue weighted by Gasteiger charge is 2.12. The van der Waals surface area contributed by atoms with E-state index in [2.05, 4.69) is 5.32 Å². The smallest absolute Gasteiger partial charge is 0.339 e. The molecule has 0 aromatic heterocycles. The summed E-state index contributed by atoms with van der Waals surface area (Å²) >= 11 is 0. The predicted octanol–water partition coefficient (Wildman–Crippen LogP) is 3.44. The number of nitrogens with one attached hydrogen (secondary N) is 1. The zero-order valence-corrected chi connectivity index (χ0v) is 13.8. The molecule has 0 aliphatic heterocycles. The van der Waals surface area contributed by atoms with Crippen LogP contribution in [0.25, 0.3) is 6.08 Å². The van der Waals surface area contributed by atoms with Gasteiger partial charge >= 0.3 is 5.97 Å². The standard InChI is InChI=1S/C19H19NO4/c1-13-8-10-17(23-2)14(12-13)9-11-18(21)20-16-7-5-4-6-15(16)19(22)24-3/h4-12H,1-3H3,(H,20,21)/b11-9+. The van der Waals surface area contributed by atoms with E-state index in [0.29, 0.717) is 17.0 Å². The minimum Gasteiger partial charge on any atom is -0.496 e. The molecule has 0 saturated heterocycles. The Morgan fingerprint density at radius 1 is 1.08 bits per heavy atom. The van der Waals surface area contributed by atoms with Crippen molar-refractivity contribution in [1.29, 1.82) is 0 Å². The van der Waals surface area contributed by atoms with Crippen LogP contribution in [-0.2, 0) is 9.53 Å². The molecular formula is C19H19NO4. The first-order chi connectivity index (χ1) is 11.5. The van der Waals surface area contributed by atoms with E-state index in [1.165, 1.54) is 13.2 Å². The molecule has 2 rings (SSSR count). The van der Waals surface area contributed by atoms with Crippen LogP contribution in [0.5, 0.6) is 5.75 Å². The van der Waals surface area contributed by atoms with Gasteiger partial charge in [-0.3, -0.25) is 4.79 Å². The van der Waals surface area contributed by atoms with Gasteiger partial charge in [-0.05, 0) is 37.3 Å². The van der Waals surface area contributed by atoms with Crippen LogP contribution in [-0.4, -0.2) is 26.1 Å². The molecule has 1 amide bonds. The first kappa shape index (κ1) is 17.3. The summed E-state index contributed by atoms with van der Waals surface area (Å²) in [5, 5.41) is 2.68. The van der Waals surface area contributed by atoms with Crippen molar-refractivity contribution >= 4 is 23.6 Å². The molecule has 0 unspecified atom stereocenters. The van der Waals surface area contributed by atoms with Gasteiger partial charge in [0.25, 0.3) is 0 Å². The second-order valence-corrected chi connectivity index (χ2v) is 5.11. The second kappa shape index (κ2) is 7.97. The summed E-state index contributed by atoms with van der Waals surface area (Å²) in [4.78, 5) is 23.9. The third-order valence-electron chi connectivity index (χ3n) is 3.39. The molecule has 0 radical (unpaired) electrons. The Hall–Kier alpha value is -3.08. The van der Waals surface area contributed by atoms with E-state index in [1.54, 1.807) is 37.5 Å². The number of anilines is 1. The second-order valence-electron chi connectivity index (χ2n) is 5.11. The van der Waals surface area contributed by atoms with Gasteiger partial charge in [0.1, 0.15) is 5.75 Å². The van der Waals surface area contributed by atoms with Crippen molar-refractivity contribution in [3.05, 3.63) is 65.2 Å². The van der Waals surface area contributed by atoms with Gasteiger partial charge in [-0.15, -0.1) is 0 Å². The maximum Gasteiger partial charge on any atom is 0.339 e. The first-order valence-corrected chi connectivity index (χ1v) is 7.36. The number of amides is 1. The van der Waals surface area contributed by atoms with Crippen LogP contribution in [0.15, 0.2) is 48.5 Å². The van der Waals surface area contributed by atoms with Crippen LogP contribution in [0.4, 0.5) is 5.69 Å². The highest BCUT2D eigenvalue weighted by Crippen LogP contribution is 2.21. The molecule has 0 fully saturated rings. The molecule has 0 bridgehead atoms. The predicted molar refractivity (Wildman–Crippen MR) is 93.2 cm³/mol. The van der Waals surface area contributed by atoms with Crippen molar-refractivity contribution in [1.82, 2.24) is 0 Å². The highest BCUT2D eigenvalue weighted by molar-refractivity contribution is 6.06. The first-order valence-electron chi connectivity index (χ1n) is 7.36. The van der Waals surface area contributed by atoms with Crippen LogP contribution >= 0.6 is 0 Å². The molecule has 0 heterocycles. The van der Waals surface area contributed by atoms with Crippen molar-refractivity contribution in [3.8, 4) is 5.75 Å². The third kappa shape index (κ3) is 4.23. The zero-order chi connectivity index (χ0) is 17.5. The summed E-state index contributed by atoms with van der Waals surface area (Å²) in [7, 11) is 2.87. The molecule has 0 spiro atoms. The van der Waals surface area contributed by atoms with E-state index >= 15 is 0 Å². The van der Waals surface area contributed by atoms with Crippen LogP contribution in [0.1, 0.15) is 21.5 Å². The Labute approximate surface area is 140 Å². The van der Waals surface area contributed by atoms with Gasteiger partial charge in [0.05, 0.1) is 25.5 Å². The molecule has 124 valence electrons. The van der Waals surface area contributed by atoms with Crippen LogP contribution in [0.2, 0.25) is 0 Å². The number of hydrogen-bond donors (Lipinski definition) is 1. The fraction of sp³-hybridized carbons (Fsp3) is 0.158. The Balaban J connectivity index is 2.17. The van der Waals surface area contributed by atoms with Crippen molar-refractivity contribution in [2.45, 2.75) is 6.92 Å². The van der Waals surface area contributed by atoms with E-state index in [0.717, 1.165) is 11.1 Å². The van der Waals surface area contributed by atoms with E-state index in [-0.39, 0.29) is 5.91 Å². The quantitative estimate of drug-likeness (QED) is 0.675. The maximum absolute atomic E-state index is 12.1. The minimum atomic E-state index is -0.504. The van der Waals surface area contributed by atoms with E-state index in [9.17, 15) is 9.59 Å². The number of ether oxygens (including phenoxy) is 2. The van der Waals surface area contributed by atoms with Gasteiger partial charge in [-0.2, -0.15) is 0 Å². The lowest BCUT2D eigenvalue weighted by molar-refractivity contribution is -0.111. The largest absolute Gasteiger partial charge is 0.496 e. The van der Waals surface area contributed by atoms with E-state index in [4.69, 9.17) is 9.47 Å². The summed E-state index contributed by atoms with van der Waals surface area (Å²) < 4.78 is 9.98. The molecule has 0 aliphatic rings. The Morgan fingerprint density at radius 2 is 1.83 bits per heavy atom. The molecular weight excluding hydrogens is 306 g/mol. The normalized spacial score (nSPS) is 10.5. The van der Waals surface area contributed by atoms with Crippen LogP contribution in [0, 0.1) is 6.92 Å². The van der Waals surface area contributed by atoms with Crippen LogP contribution in [0.3, 0.4) is 0 Å². The Bertz CT molecular complexity index is 781. The fourth-order valence-corrected chi connectivity index (χ4v) is 2.20. The number of para-hydroxylation sites is 1. The summed E-state index contributed by atoms with van der Waals surface area (Å²) in [6.45, 7) is 1.96. The topological polar surface area (TPSA) is 64.6 Å². The van der Waals surface area contributed by atoms with Gasteiger partial charge in [-0.1, -0.05) is 23.8 Å². The van der Waals surface area contributed by atoms with Gasteiger partial charge in [0, 0.05) is 11.6 Å². The molecule has 24 heavy (non-hydrogen) atoms. The Morgan fingerprint density at radius 3 is 2.54 bits per heavy atom. The summed E-state index contributed by atoms with van der Waals surface area (Å²) in [6, 6.07) is 12.4. The molecule has 5 heteroatoms. The molecule has 5 nitrogen and oxygen atoms in total. The minimum absolute atomic E-state index is 0.301. The molecule has 1 N–H and O–H groups in total.